The molecule has 0 spiro atoms. The number of fused-ring (bicyclic) bond motifs is 2. The van der Waals surface area contributed by atoms with Crippen LogP contribution in [0.25, 0.3) is 0 Å². The Bertz CT molecular complexity index is 888. The predicted molar refractivity (Wildman–Crippen MR) is 117 cm³/mol. The van der Waals surface area contributed by atoms with Crippen molar-refractivity contribution >= 4 is 33.2 Å². The normalized spacial score (nSPS) is 27.4. The molecule has 0 saturated carbocycles. The van der Waals surface area contributed by atoms with Gasteiger partial charge in [-0.15, -0.1) is 0 Å². The van der Waals surface area contributed by atoms with E-state index < -0.39 is 9.84 Å². The van der Waals surface area contributed by atoms with E-state index in [1.165, 1.54) is 6.26 Å². The molecule has 2 bridgehead atoms. The Morgan fingerprint density at radius 1 is 1.10 bits per heavy atom. The molecule has 0 aromatic heterocycles. The molecule has 1 amide bonds. The van der Waals surface area contributed by atoms with Gasteiger partial charge in [-0.3, -0.25) is 4.90 Å². The van der Waals surface area contributed by atoms with E-state index in [4.69, 9.17) is 16.3 Å². The monoisotopic (exact) mass is 455 g/mol. The second kappa shape index (κ2) is 8.55. The van der Waals surface area contributed by atoms with Crippen LogP contribution >= 0.6 is 11.6 Å². The van der Waals surface area contributed by atoms with Crippen molar-refractivity contribution in [3.05, 3.63) is 23.2 Å². The van der Waals surface area contributed by atoms with E-state index in [0.29, 0.717) is 22.6 Å². The van der Waals surface area contributed by atoms with Gasteiger partial charge in [0.05, 0.1) is 17.2 Å². The zero-order chi connectivity index (χ0) is 21.5. The molecular formula is C21H30ClN3O4S. The van der Waals surface area contributed by atoms with Crippen molar-refractivity contribution in [3.8, 4) is 0 Å². The Balaban J connectivity index is 1.40. The number of amides is 1. The quantitative estimate of drug-likeness (QED) is 0.695. The number of carbonyl (C=O) groups excluding carboxylic acids is 1. The lowest BCUT2D eigenvalue weighted by molar-refractivity contribution is 0.0396. The third kappa shape index (κ3) is 4.27. The van der Waals surface area contributed by atoms with Crippen LogP contribution in [0.4, 0.5) is 10.5 Å². The molecule has 7 nitrogen and oxygen atoms in total. The van der Waals surface area contributed by atoms with Crippen LogP contribution in [0, 0.1) is 0 Å². The summed E-state index contributed by atoms with van der Waals surface area (Å²) >= 11 is 6.05. The molecule has 4 rings (SSSR count). The summed E-state index contributed by atoms with van der Waals surface area (Å²) in [5.41, 5.74) is 0.735. The number of rotatable bonds is 4. The summed E-state index contributed by atoms with van der Waals surface area (Å²) < 4.78 is 29.7. The number of hydrogen-bond donors (Lipinski definition) is 0. The van der Waals surface area contributed by atoms with Crippen LogP contribution in [0.2, 0.25) is 5.02 Å². The molecule has 1 aromatic rings. The summed E-state index contributed by atoms with van der Waals surface area (Å²) in [5, 5.41) is 0.432. The molecule has 2 unspecified atom stereocenters. The van der Waals surface area contributed by atoms with Crippen LogP contribution in [0.3, 0.4) is 0 Å². The van der Waals surface area contributed by atoms with Gasteiger partial charge in [-0.05, 0) is 50.8 Å². The van der Waals surface area contributed by atoms with Gasteiger partial charge in [0, 0.05) is 55.6 Å². The molecule has 2 atom stereocenters. The number of benzene rings is 1. The van der Waals surface area contributed by atoms with Gasteiger partial charge >= 0.3 is 6.09 Å². The number of piperazine rings is 1. The number of nitrogens with zero attached hydrogens (tertiary/aromatic N) is 3. The summed E-state index contributed by atoms with van der Waals surface area (Å²) in [6.45, 7) is 5.59. The third-order valence-electron chi connectivity index (χ3n) is 6.68. The first kappa shape index (κ1) is 21.7. The largest absolute Gasteiger partial charge is 0.450 e. The van der Waals surface area contributed by atoms with E-state index in [2.05, 4.69) is 9.80 Å². The fourth-order valence-corrected chi connectivity index (χ4v) is 6.47. The van der Waals surface area contributed by atoms with Gasteiger partial charge in [-0.2, -0.15) is 0 Å². The number of carbonyl (C=O) groups is 1. The average molecular weight is 456 g/mol. The second-order valence-corrected chi connectivity index (χ2v) is 10.9. The fraction of sp³-hybridized carbons (Fsp3) is 0.667. The summed E-state index contributed by atoms with van der Waals surface area (Å²) in [4.78, 5) is 19.2. The fourth-order valence-electron chi connectivity index (χ4n) is 5.32. The van der Waals surface area contributed by atoms with E-state index >= 15 is 0 Å². The van der Waals surface area contributed by atoms with Crippen LogP contribution in [0.1, 0.15) is 32.6 Å². The smallest absolute Gasteiger partial charge is 0.410 e. The molecule has 3 fully saturated rings. The highest BCUT2D eigenvalue weighted by atomic mass is 35.5. The lowest BCUT2D eigenvalue weighted by Gasteiger charge is -2.46. The van der Waals surface area contributed by atoms with Crippen molar-refractivity contribution < 1.29 is 17.9 Å². The number of piperidine rings is 1. The molecule has 3 aliphatic rings. The van der Waals surface area contributed by atoms with Gasteiger partial charge in [0.1, 0.15) is 0 Å². The van der Waals surface area contributed by atoms with Gasteiger partial charge < -0.3 is 14.5 Å². The number of hydrogen-bond acceptors (Lipinski definition) is 6. The Morgan fingerprint density at radius 2 is 1.73 bits per heavy atom. The number of ether oxygens (including phenoxy) is 1. The molecule has 3 heterocycles. The minimum absolute atomic E-state index is 0.163. The van der Waals surface area contributed by atoms with Crippen LogP contribution in [0.5, 0.6) is 0 Å². The first-order chi connectivity index (χ1) is 14.3. The molecule has 9 heteroatoms. The Labute approximate surface area is 183 Å². The number of sulfone groups is 1. The third-order valence-corrected chi connectivity index (χ3v) is 8.04. The SMILES string of the molecule is CCOC(=O)N1C2CCC1CC(N1CCN(c3ccc(Cl)cc3S(C)(=O)=O)CC1)C2. The van der Waals surface area contributed by atoms with Crippen LogP contribution in [-0.4, -0.2) is 81.5 Å². The molecule has 0 radical (unpaired) electrons. The zero-order valence-corrected chi connectivity index (χ0v) is 19.2. The lowest BCUT2D eigenvalue weighted by Crippen LogP contribution is -2.56. The molecule has 3 aliphatic heterocycles. The second-order valence-electron chi connectivity index (χ2n) is 8.52. The molecule has 0 N–H and O–H groups in total. The topological polar surface area (TPSA) is 70.2 Å². The first-order valence-corrected chi connectivity index (χ1v) is 13.0. The van der Waals surface area contributed by atoms with Gasteiger partial charge in [0.15, 0.2) is 9.84 Å². The number of halogens is 1. The highest BCUT2D eigenvalue weighted by Gasteiger charge is 2.45. The standard InChI is InChI=1S/C21H30ClN3O4S/c1-3-29-21(26)25-16-5-6-17(25)14-18(13-16)23-8-10-24(11-9-23)19-7-4-15(22)12-20(19)30(2,27)28/h4,7,12,16-18H,3,5-6,8-11,13-14H2,1-2H3. The first-order valence-electron chi connectivity index (χ1n) is 10.7. The van der Waals surface area contributed by atoms with Crippen molar-refractivity contribution in [2.24, 2.45) is 0 Å². The van der Waals surface area contributed by atoms with Gasteiger partial charge in [-0.1, -0.05) is 11.6 Å². The summed E-state index contributed by atoms with van der Waals surface area (Å²) in [5.74, 6) is 0. The highest BCUT2D eigenvalue weighted by molar-refractivity contribution is 7.90. The lowest BCUT2D eigenvalue weighted by atomic mass is 9.95. The van der Waals surface area contributed by atoms with Gasteiger partial charge in [-0.25, -0.2) is 13.2 Å². The van der Waals surface area contributed by atoms with Crippen LogP contribution in [-0.2, 0) is 14.6 Å². The van der Waals surface area contributed by atoms with Crippen molar-refractivity contribution in [1.29, 1.82) is 0 Å². The summed E-state index contributed by atoms with van der Waals surface area (Å²) in [6.07, 6.45) is 5.16. The van der Waals surface area contributed by atoms with Gasteiger partial charge in [0.2, 0.25) is 0 Å². The van der Waals surface area contributed by atoms with E-state index in [1.807, 2.05) is 17.9 Å². The van der Waals surface area contributed by atoms with Crippen molar-refractivity contribution in [2.45, 2.75) is 55.6 Å². The average Bonchev–Trinajstić information content (AvgIpc) is 2.97. The minimum Gasteiger partial charge on any atom is -0.450 e. The van der Waals surface area contributed by atoms with Crippen molar-refractivity contribution in [2.75, 3.05) is 43.9 Å². The van der Waals surface area contributed by atoms with Crippen molar-refractivity contribution in [1.82, 2.24) is 9.80 Å². The number of anilines is 1. The van der Waals surface area contributed by atoms with E-state index in [-0.39, 0.29) is 18.2 Å². The Morgan fingerprint density at radius 3 is 2.30 bits per heavy atom. The van der Waals surface area contributed by atoms with Crippen molar-refractivity contribution in [3.63, 3.8) is 0 Å². The van der Waals surface area contributed by atoms with Crippen LogP contribution < -0.4 is 4.90 Å². The van der Waals surface area contributed by atoms with Crippen LogP contribution in [0.15, 0.2) is 23.1 Å². The zero-order valence-electron chi connectivity index (χ0n) is 17.6. The maximum Gasteiger partial charge on any atom is 0.410 e. The van der Waals surface area contributed by atoms with E-state index in [1.54, 1.807) is 12.1 Å². The summed E-state index contributed by atoms with van der Waals surface area (Å²) in [6, 6.07) is 6.13. The van der Waals surface area contributed by atoms with Gasteiger partial charge in [0.25, 0.3) is 0 Å². The molecular weight excluding hydrogens is 426 g/mol. The maximum atomic E-state index is 12.3. The molecule has 166 valence electrons. The Hall–Kier alpha value is -1.51. The maximum absolute atomic E-state index is 12.3. The molecule has 0 aliphatic carbocycles. The minimum atomic E-state index is -3.35. The van der Waals surface area contributed by atoms with E-state index in [9.17, 15) is 13.2 Å². The molecule has 30 heavy (non-hydrogen) atoms. The molecule has 1 aromatic carbocycles. The highest BCUT2D eigenvalue weighted by Crippen LogP contribution is 2.38. The molecule has 3 saturated heterocycles. The summed E-state index contributed by atoms with van der Waals surface area (Å²) in [7, 11) is -3.35. The Kier molecular flexibility index (Phi) is 6.19. The van der Waals surface area contributed by atoms with E-state index in [0.717, 1.165) is 57.5 Å². The predicted octanol–water partition coefficient (Wildman–Crippen LogP) is 3.02.